The first-order chi connectivity index (χ1) is 13.7. The standard InChI is InChI=1S/C22H19N3O3/c26-21(24-17-6-7-17)15-12-16(14-23-13-15)22(27)25-18-8-10-20(11-9-18)28-19-4-2-1-3-5-19/h1-5,8-14,17H,6-7H2,(H,24,26)(H,25,27). The van der Waals surface area contributed by atoms with E-state index in [-0.39, 0.29) is 17.9 Å². The Hall–Kier alpha value is -3.67. The number of anilines is 1. The van der Waals surface area contributed by atoms with Crippen molar-refractivity contribution in [3.8, 4) is 11.5 Å². The number of nitrogens with zero attached hydrogens (tertiary/aromatic N) is 1. The lowest BCUT2D eigenvalue weighted by molar-refractivity contribution is 0.0950. The maximum absolute atomic E-state index is 12.5. The molecule has 1 aliphatic carbocycles. The van der Waals surface area contributed by atoms with Crippen LogP contribution in [0.4, 0.5) is 5.69 Å². The van der Waals surface area contributed by atoms with Gasteiger partial charge in [-0.05, 0) is 55.3 Å². The Morgan fingerprint density at radius 1 is 0.857 bits per heavy atom. The molecule has 0 saturated heterocycles. The van der Waals surface area contributed by atoms with Crippen LogP contribution < -0.4 is 15.4 Å². The molecule has 0 aliphatic heterocycles. The Labute approximate surface area is 162 Å². The summed E-state index contributed by atoms with van der Waals surface area (Å²) in [5.74, 6) is 0.883. The molecule has 1 heterocycles. The summed E-state index contributed by atoms with van der Waals surface area (Å²) in [6.07, 6.45) is 4.91. The Morgan fingerprint density at radius 3 is 2.18 bits per heavy atom. The van der Waals surface area contributed by atoms with Crippen LogP contribution in [0.1, 0.15) is 33.6 Å². The summed E-state index contributed by atoms with van der Waals surface area (Å²) in [5, 5.41) is 5.69. The number of amides is 2. The summed E-state index contributed by atoms with van der Waals surface area (Å²) < 4.78 is 5.73. The van der Waals surface area contributed by atoms with Gasteiger partial charge in [-0.25, -0.2) is 0 Å². The lowest BCUT2D eigenvalue weighted by Crippen LogP contribution is -2.26. The minimum absolute atomic E-state index is 0.202. The van der Waals surface area contributed by atoms with E-state index in [1.807, 2.05) is 30.3 Å². The smallest absolute Gasteiger partial charge is 0.257 e. The molecule has 28 heavy (non-hydrogen) atoms. The number of aromatic nitrogens is 1. The maximum Gasteiger partial charge on any atom is 0.257 e. The average Bonchev–Trinajstić information content (AvgIpc) is 3.54. The van der Waals surface area contributed by atoms with Crippen molar-refractivity contribution in [2.75, 3.05) is 5.32 Å². The minimum atomic E-state index is -0.328. The molecule has 0 radical (unpaired) electrons. The zero-order valence-corrected chi connectivity index (χ0v) is 15.1. The number of hydrogen-bond donors (Lipinski definition) is 2. The van der Waals surface area contributed by atoms with E-state index in [4.69, 9.17) is 4.74 Å². The van der Waals surface area contributed by atoms with Crippen molar-refractivity contribution in [2.45, 2.75) is 18.9 Å². The summed E-state index contributed by atoms with van der Waals surface area (Å²) in [7, 11) is 0. The van der Waals surface area contributed by atoms with Crippen molar-refractivity contribution in [1.29, 1.82) is 0 Å². The summed E-state index contributed by atoms with van der Waals surface area (Å²) in [5.41, 5.74) is 1.33. The third-order valence-electron chi connectivity index (χ3n) is 4.27. The van der Waals surface area contributed by atoms with Crippen molar-refractivity contribution >= 4 is 17.5 Å². The van der Waals surface area contributed by atoms with Gasteiger partial charge in [-0.15, -0.1) is 0 Å². The van der Waals surface area contributed by atoms with E-state index < -0.39 is 0 Å². The van der Waals surface area contributed by atoms with Crippen molar-refractivity contribution < 1.29 is 14.3 Å². The number of benzene rings is 2. The largest absolute Gasteiger partial charge is 0.457 e. The second-order valence-corrected chi connectivity index (χ2v) is 6.60. The molecule has 1 aromatic heterocycles. The number of pyridine rings is 1. The van der Waals surface area contributed by atoms with Crippen LogP contribution in [0.5, 0.6) is 11.5 Å². The Kier molecular flexibility index (Phi) is 5.01. The minimum Gasteiger partial charge on any atom is -0.457 e. The van der Waals surface area contributed by atoms with E-state index in [0.29, 0.717) is 22.6 Å². The van der Waals surface area contributed by atoms with Crippen LogP contribution >= 0.6 is 0 Å². The molecule has 2 N–H and O–H groups in total. The van der Waals surface area contributed by atoms with Gasteiger partial charge >= 0.3 is 0 Å². The number of hydrogen-bond acceptors (Lipinski definition) is 4. The number of rotatable bonds is 6. The highest BCUT2D eigenvalue weighted by molar-refractivity contribution is 6.05. The van der Waals surface area contributed by atoms with Gasteiger partial charge in [-0.1, -0.05) is 18.2 Å². The summed E-state index contributed by atoms with van der Waals surface area (Å²) >= 11 is 0. The lowest BCUT2D eigenvalue weighted by atomic mass is 10.1. The lowest BCUT2D eigenvalue weighted by Gasteiger charge is -2.09. The van der Waals surface area contributed by atoms with Crippen molar-refractivity contribution in [3.63, 3.8) is 0 Å². The van der Waals surface area contributed by atoms with Gasteiger partial charge < -0.3 is 15.4 Å². The van der Waals surface area contributed by atoms with E-state index >= 15 is 0 Å². The van der Waals surface area contributed by atoms with E-state index in [1.54, 1.807) is 30.3 Å². The van der Waals surface area contributed by atoms with Crippen molar-refractivity contribution in [3.05, 3.63) is 84.2 Å². The van der Waals surface area contributed by atoms with Gasteiger partial charge in [0.1, 0.15) is 11.5 Å². The van der Waals surface area contributed by atoms with Gasteiger partial charge in [0.05, 0.1) is 11.1 Å². The fraction of sp³-hybridized carbons (Fsp3) is 0.136. The summed E-state index contributed by atoms with van der Waals surface area (Å²) in [6.45, 7) is 0. The van der Waals surface area contributed by atoms with Gasteiger partial charge in [0.25, 0.3) is 11.8 Å². The van der Waals surface area contributed by atoms with Crippen LogP contribution in [0, 0.1) is 0 Å². The predicted octanol–water partition coefficient (Wildman–Crippen LogP) is 4.02. The van der Waals surface area contributed by atoms with Crippen LogP contribution in [0.25, 0.3) is 0 Å². The SMILES string of the molecule is O=C(Nc1ccc(Oc2ccccc2)cc1)c1cncc(C(=O)NC2CC2)c1. The first-order valence-electron chi connectivity index (χ1n) is 9.07. The second-order valence-electron chi connectivity index (χ2n) is 6.60. The third kappa shape index (κ3) is 4.54. The molecule has 0 atom stereocenters. The van der Waals surface area contributed by atoms with Crippen molar-refractivity contribution in [2.24, 2.45) is 0 Å². The zero-order valence-electron chi connectivity index (χ0n) is 15.1. The summed E-state index contributed by atoms with van der Waals surface area (Å²) in [6, 6.07) is 18.3. The van der Waals surface area contributed by atoms with E-state index in [9.17, 15) is 9.59 Å². The van der Waals surface area contributed by atoms with Gasteiger partial charge in [-0.2, -0.15) is 0 Å². The number of nitrogens with one attached hydrogen (secondary N) is 2. The van der Waals surface area contributed by atoms with Crippen LogP contribution in [0.3, 0.4) is 0 Å². The molecule has 2 amide bonds. The first kappa shape index (κ1) is 17.7. The number of carbonyl (C=O) groups excluding carboxylic acids is 2. The van der Waals surface area contributed by atoms with Gasteiger partial charge in [0.15, 0.2) is 0 Å². The Bertz CT molecular complexity index is 983. The second kappa shape index (κ2) is 7.92. The Morgan fingerprint density at radius 2 is 1.50 bits per heavy atom. The molecule has 0 bridgehead atoms. The average molecular weight is 373 g/mol. The quantitative estimate of drug-likeness (QED) is 0.684. The third-order valence-corrected chi connectivity index (χ3v) is 4.27. The molecule has 2 aromatic carbocycles. The van der Waals surface area contributed by atoms with Gasteiger partial charge in [-0.3, -0.25) is 14.6 Å². The molecule has 1 saturated carbocycles. The molecule has 0 unspecified atom stereocenters. The number of ether oxygens (including phenoxy) is 1. The van der Waals surface area contributed by atoms with Crippen molar-refractivity contribution in [1.82, 2.24) is 10.3 Å². The highest BCUT2D eigenvalue weighted by Crippen LogP contribution is 2.23. The van der Waals surface area contributed by atoms with Crippen LogP contribution in [0.2, 0.25) is 0 Å². The molecule has 140 valence electrons. The highest BCUT2D eigenvalue weighted by Gasteiger charge is 2.24. The topological polar surface area (TPSA) is 80.3 Å². The molecular formula is C22H19N3O3. The molecule has 1 aliphatic rings. The fourth-order valence-corrected chi connectivity index (χ4v) is 2.62. The fourth-order valence-electron chi connectivity index (χ4n) is 2.62. The Balaban J connectivity index is 1.39. The molecule has 3 aromatic rings. The predicted molar refractivity (Wildman–Crippen MR) is 106 cm³/mol. The maximum atomic E-state index is 12.5. The highest BCUT2D eigenvalue weighted by atomic mass is 16.5. The molecule has 6 heteroatoms. The molecule has 6 nitrogen and oxygen atoms in total. The number of para-hydroxylation sites is 1. The normalized spacial score (nSPS) is 12.9. The van der Waals surface area contributed by atoms with Crippen LogP contribution in [-0.2, 0) is 0 Å². The monoisotopic (exact) mass is 373 g/mol. The zero-order chi connectivity index (χ0) is 19.3. The van der Waals surface area contributed by atoms with Gasteiger partial charge in [0, 0.05) is 24.1 Å². The van der Waals surface area contributed by atoms with E-state index in [2.05, 4.69) is 15.6 Å². The molecule has 0 spiro atoms. The van der Waals surface area contributed by atoms with E-state index in [0.717, 1.165) is 18.6 Å². The van der Waals surface area contributed by atoms with Crippen LogP contribution in [0.15, 0.2) is 73.1 Å². The summed E-state index contributed by atoms with van der Waals surface area (Å²) in [4.78, 5) is 28.6. The van der Waals surface area contributed by atoms with Gasteiger partial charge in [0.2, 0.25) is 0 Å². The van der Waals surface area contributed by atoms with E-state index in [1.165, 1.54) is 12.4 Å². The number of carbonyl (C=O) groups is 2. The molecule has 1 fully saturated rings. The molecular weight excluding hydrogens is 354 g/mol. The first-order valence-corrected chi connectivity index (χ1v) is 9.07. The van der Waals surface area contributed by atoms with Crippen LogP contribution in [-0.4, -0.2) is 22.8 Å². The molecule has 4 rings (SSSR count).